The minimum atomic E-state index is -0.388. The molecular formula is C15H20O2. The van der Waals surface area contributed by atoms with Gasteiger partial charge in [0.1, 0.15) is 0 Å². The number of benzene rings is 1. The largest absolute Gasteiger partial charge is 0.390 e. The Morgan fingerprint density at radius 1 is 1.18 bits per heavy atom. The minimum absolute atomic E-state index is 0.388. The highest BCUT2D eigenvalue weighted by Gasteiger charge is 2.40. The molecule has 0 atom stereocenters. The van der Waals surface area contributed by atoms with Crippen molar-refractivity contribution in [2.24, 2.45) is 0 Å². The van der Waals surface area contributed by atoms with E-state index in [4.69, 9.17) is 4.74 Å². The van der Waals surface area contributed by atoms with Gasteiger partial charge in [0.15, 0.2) is 0 Å². The molecule has 0 unspecified atom stereocenters. The molecule has 0 radical (unpaired) electrons. The average molecular weight is 232 g/mol. The lowest BCUT2D eigenvalue weighted by atomic mass is 9.86. The van der Waals surface area contributed by atoms with Crippen LogP contribution in [-0.4, -0.2) is 23.9 Å². The van der Waals surface area contributed by atoms with Crippen LogP contribution >= 0.6 is 0 Å². The summed E-state index contributed by atoms with van der Waals surface area (Å²) in [5.74, 6) is 0.627. The maximum absolute atomic E-state index is 10.1. The Morgan fingerprint density at radius 3 is 2.59 bits per heavy atom. The van der Waals surface area contributed by atoms with Gasteiger partial charge in [0, 0.05) is 19.6 Å². The van der Waals surface area contributed by atoms with Crippen molar-refractivity contribution in [2.75, 3.05) is 13.2 Å². The highest BCUT2D eigenvalue weighted by molar-refractivity contribution is 5.33. The van der Waals surface area contributed by atoms with Gasteiger partial charge in [-0.3, -0.25) is 0 Å². The molecule has 1 saturated heterocycles. The van der Waals surface area contributed by atoms with Crippen LogP contribution < -0.4 is 0 Å². The molecule has 0 aromatic heterocycles. The molecule has 2 fully saturated rings. The van der Waals surface area contributed by atoms with Crippen molar-refractivity contribution < 1.29 is 9.84 Å². The third-order valence-corrected chi connectivity index (χ3v) is 4.06. The molecule has 0 amide bonds. The Morgan fingerprint density at radius 2 is 1.88 bits per heavy atom. The van der Waals surface area contributed by atoms with Gasteiger partial charge in [0.05, 0.1) is 5.60 Å². The number of aliphatic hydroxyl groups is 1. The smallest absolute Gasteiger partial charge is 0.0690 e. The Balaban J connectivity index is 1.81. The van der Waals surface area contributed by atoms with E-state index in [9.17, 15) is 5.11 Å². The molecule has 1 aromatic carbocycles. The third-order valence-electron chi connectivity index (χ3n) is 4.06. The van der Waals surface area contributed by atoms with Crippen LogP contribution in [0.3, 0.4) is 0 Å². The van der Waals surface area contributed by atoms with Gasteiger partial charge >= 0.3 is 0 Å². The Bertz CT molecular complexity index is 390. The van der Waals surface area contributed by atoms with E-state index in [1.165, 1.54) is 11.1 Å². The zero-order valence-electron chi connectivity index (χ0n) is 10.2. The van der Waals surface area contributed by atoms with Gasteiger partial charge in [-0.2, -0.15) is 0 Å². The number of ether oxygens (including phenoxy) is 1. The summed E-state index contributed by atoms with van der Waals surface area (Å²) in [6.07, 6.45) is 5.01. The lowest BCUT2D eigenvalue weighted by Gasteiger charge is -2.25. The summed E-state index contributed by atoms with van der Waals surface area (Å²) in [7, 11) is 0. The van der Waals surface area contributed by atoms with Gasteiger partial charge in [-0.15, -0.1) is 0 Å². The van der Waals surface area contributed by atoms with E-state index in [0.29, 0.717) is 5.92 Å². The van der Waals surface area contributed by atoms with Gasteiger partial charge in [-0.05, 0) is 42.7 Å². The molecule has 92 valence electrons. The number of hydrogen-bond acceptors (Lipinski definition) is 2. The highest BCUT2D eigenvalue weighted by Crippen LogP contribution is 2.40. The molecule has 3 rings (SSSR count). The van der Waals surface area contributed by atoms with Gasteiger partial charge < -0.3 is 9.84 Å². The second kappa shape index (κ2) is 4.43. The molecule has 17 heavy (non-hydrogen) atoms. The Hall–Kier alpha value is -0.860. The molecule has 2 heteroatoms. The topological polar surface area (TPSA) is 29.5 Å². The fourth-order valence-electron chi connectivity index (χ4n) is 2.78. The Kier molecular flexibility index (Phi) is 2.93. The summed E-state index contributed by atoms with van der Waals surface area (Å²) < 4.78 is 5.42. The van der Waals surface area contributed by atoms with Crippen LogP contribution in [-0.2, 0) is 11.2 Å². The van der Waals surface area contributed by atoms with E-state index in [1.807, 2.05) is 0 Å². The van der Waals surface area contributed by atoms with E-state index in [2.05, 4.69) is 24.3 Å². The first kappa shape index (κ1) is 11.2. The first-order valence-corrected chi connectivity index (χ1v) is 6.65. The maximum atomic E-state index is 10.1. The van der Waals surface area contributed by atoms with E-state index in [1.54, 1.807) is 0 Å². The molecule has 1 aliphatic carbocycles. The van der Waals surface area contributed by atoms with E-state index in [0.717, 1.165) is 45.3 Å². The number of rotatable bonds is 3. The van der Waals surface area contributed by atoms with Crippen molar-refractivity contribution in [2.45, 2.75) is 43.6 Å². The van der Waals surface area contributed by atoms with E-state index in [-0.39, 0.29) is 5.60 Å². The monoisotopic (exact) mass is 232 g/mol. The first-order chi connectivity index (χ1) is 8.27. The quantitative estimate of drug-likeness (QED) is 0.868. The molecule has 1 N–H and O–H groups in total. The first-order valence-electron chi connectivity index (χ1n) is 6.65. The standard InChI is InChI=1S/C15H20O2/c16-15(7-8-15)11-13-3-1-2-4-14(13)12-5-9-17-10-6-12/h1-4,12,16H,5-11H2. The fraction of sp³-hybridized carbons (Fsp3) is 0.600. The SMILES string of the molecule is OC1(Cc2ccccc2C2CCOCC2)CC1. The third kappa shape index (κ3) is 2.53. The lowest BCUT2D eigenvalue weighted by Crippen LogP contribution is -2.18. The van der Waals surface area contributed by atoms with Crippen LogP contribution in [0.25, 0.3) is 0 Å². The van der Waals surface area contributed by atoms with Crippen molar-refractivity contribution >= 4 is 0 Å². The number of hydrogen-bond donors (Lipinski definition) is 1. The summed E-state index contributed by atoms with van der Waals surface area (Å²) >= 11 is 0. The van der Waals surface area contributed by atoms with Gasteiger partial charge in [-0.1, -0.05) is 24.3 Å². The average Bonchev–Trinajstić information content (AvgIpc) is 3.09. The summed E-state index contributed by atoms with van der Waals surface area (Å²) in [5.41, 5.74) is 2.40. The Labute approximate surface area is 103 Å². The lowest BCUT2D eigenvalue weighted by molar-refractivity contribution is 0.0848. The van der Waals surface area contributed by atoms with Crippen LogP contribution in [0.2, 0.25) is 0 Å². The molecule has 2 nitrogen and oxygen atoms in total. The molecule has 1 aromatic rings. The van der Waals surface area contributed by atoms with Crippen LogP contribution in [0, 0.1) is 0 Å². The normalized spacial score (nSPS) is 23.6. The fourth-order valence-corrected chi connectivity index (χ4v) is 2.78. The van der Waals surface area contributed by atoms with E-state index < -0.39 is 0 Å². The maximum Gasteiger partial charge on any atom is 0.0690 e. The van der Waals surface area contributed by atoms with Crippen LogP contribution in [0.1, 0.15) is 42.7 Å². The molecule has 1 aliphatic heterocycles. The van der Waals surface area contributed by atoms with Gasteiger partial charge in [0.25, 0.3) is 0 Å². The van der Waals surface area contributed by atoms with Crippen molar-refractivity contribution in [1.29, 1.82) is 0 Å². The van der Waals surface area contributed by atoms with Crippen LogP contribution in [0.5, 0.6) is 0 Å². The summed E-state index contributed by atoms with van der Waals surface area (Å²) in [5, 5.41) is 10.1. The zero-order valence-corrected chi connectivity index (χ0v) is 10.2. The molecule has 0 bridgehead atoms. The molecular weight excluding hydrogens is 212 g/mol. The van der Waals surface area contributed by atoms with Crippen LogP contribution in [0.15, 0.2) is 24.3 Å². The summed E-state index contributed by atoms with van der Waals surface area (Å²) in [6, 6.07) is 8.62. The summed E-state index contributed by atoms with van der Waals surface area (Å²) in [4.78, 5) is 0. The predicted octanol–water partition coefficient (Wildman–Crippen LogP) is 2.65. The van der Waals surface area contributed by atoms with E-state index >= 15 is 0 Å². The minimum Gasteiger partial charge on any atom is -0.390 e. The van der Waals surface area contributed by atoms with Crippen molar-refractivity contribution in [1.82, 2.24) is 0 Å². The predicted molar refractivity (Wildman–Crippen MR) is 67.1 cm³/mol. The van der Waals surface area contributed by atoms with Crippen molar-refractivity contribution in [3.05, 3.63) is 35.4 Å². The molecule has 2 aliphatic rings. The van der Waals surface area contributed by atoms with Crippen molar-refractivity contribution in [3.63, 3.8) is 0 Å². The van der Waals surface area contributed by atoms with Crippen molar-refractivity contribution in [3.8, 4) is 0 Å². The second-order valence-corrected chi connectivity index (χ2v) is 5.49. The van der Waals surface area contributed by atoms with Gasteiger partial charge in [-0.25, -0.2) is 0 Å². The molecule has 0 spiro atoms. The van der Waals surface area contributed by atoms with Crippen LogP contribution in [0.4, 0.5) is 0 Å². The molecule has 1 heterocycles. The summed E-state index contributed by atoms with van der Waals surface area (Å²) in [6.45, 7) is 1.76. The van der Waals surface area contributed by atoms with Gasteiger partial charge in [0.2, 0.25) is 0 Å². The highest BCUT2D eigenvalue weighted by atomic mass is 16.5. The second-order valence-electron chi connectivity index (χ2n) is 5.49. The zero-order chi connectivity index (χ0) is 11.7. The molecule has 1 saturated carbocycles.